The Hall–Kier alpha value is -4.39. The van der Waals surface area contributed by atoms with Crippen molar-refractivity contribution >= 4 is 17.8 Å². The maximum Gasteiger partial charge on any atom is 0.246 e. The van der Waals surface area contributed by atoms with E-state index in [9.17, 15) is 9.59 Å². The summed E-state index contributed by atoms with van der Waals surface area (Å²) in [6.07, 6.45) is 4.02. The van der Waals surface area contributed by atoms with Crippen LogP contribution in [0.5, 0.6) is 5.75 Å². The van der Waals surface area contributed by atoms with Crippen LogP contribution in [0, 0.1) is 0 Å². The monoisotopic (exact) mass is 480 g/mol. The van der Waals surface area contributed by atoms with Crippen LogP contribution in [0.3, 0.4) is 0 Å². The van der Waals surface area contributed by atoms with Crippen molar-refractivity contribution in [3.05, 3.63) is 96.7 Å². The Morgan fingerprint density at radius 3 is 2.28 bits per heavy atom. The normalized spacial score (nSPS) is 12.7. The fraction of sp³-hybridized carbons (Fsp3) is 0.207. The van der Waals surface area contributed by atoms with E-state index in [-0.39, 0.29) is 30.8 Å². The number of hydrogen-bond donors (Lipinski definition) is 1. The second-order valence-electron chi connectivity index (χ2n) is 8.85. The summed E-state index contributed by atoms with van der Waals surface area (Å²) >= 11 is 0. The summed E-state index contributed by atoms with van der Waals surface area (Å²) in [4.78, 5) is 32.6. The zero-order valence-electron chi connectivity index (χ0n) is 20.1. The van der Waals surface area contributed by atoms with E-state index in [4.69, 9.17) is 9.72 Å². The van der Waals surface area contributed by atoms with Crippen molar-refractivity contribution in [2.24, 2.45) is 0 Å². The van der Waals surface area contributed by atoms with Crippen molar-refractivity contribution in [3.63, 3.8) is 0 Å². The van der Waals surface area contributed by atoms with E-state index in [0.717, 1.165) is 41.1 Å². The van der Waals surface area contributed by atoms with Gasteiger partial charge in [0.2, 0.25) is 17.8 Å². The van der Waals surface area contributed by atoms with Crippen LogP contribution in [-0.2, 0) is 16.0 Å². The molecule has 7 nitrogen and oxygen atoms in total. The van der Waals surface area contributed by atoms with Crippen molar-refractivity contribution < 1.29 is 14.3 Å². The van der Waals surface area contributed by atoms with Crippen molar-refractivity contribution in [2.75, 3.05) is 19.0 Å². The number of amides is 2. The lowest BCUT2D eigenvalue weighted by molar-refractivity contribution is -0.134. The smallest absolute Gasteiger partial charge is 0.246 e. The highest BCUT2D eigenvalue weighted by Gasteiger charge is 2.34. The molecule has 1 aliphatic rings. The molecular formula is C29H28N4O3. The number of carbonyl (C=O) groups is 2. The quantitative estimate of drug-likeness (QED) is 0.376. The first kappa shape index (κ1) is 23.4. The average molecular weight is 481 g/mol. The van der Waals surface area contributed by atoms with Crippen molar-refractivity contribution in [1.29, 1.82) is 0 Å². The minimum absolute atomic E-state index is 0.00746. The number of imidazole rings is 1. The lowest BCUT2D eigenvalue weighted by Crippen LogP contribution is -2.40. The number of benzene rings is 3. The van der Waals surface area contributed by atoms with E-state index in [1.54, 1.807) is 12.0 Å². The molecule has 1 aromatic heterocycles. The highest BCUT2D eigenvalue weighted by atomic mass is 16.5. The molecule has 0 unspecified atom stereocenters. The molecule has 1 fully saturated rings. The van der Waals surface area contributed by atoms with E-state index >= 15 is 0 Å². The number of rotatable bonds is 9. The number of methoxy groups -OCH3 is 1. The van der Waals surface area contributed by atoms with E-state index in [1.807, 2.05) is 95.7 Å². The number of nitrogens with zero attached hydrogens (tertiary/aromatic N) is 3. The van der Waals surface area contributed by atoms with Gasteiger partial charge in [-0.25, -0.2) is 4.98 Å². The first-order chi connectivity index (χ1) is 17.6. The van der Waals surface area contributed by atoms with Gasteiger partial charge >= 0.3 is 0 Å². The van der Waals surface area contributed by atoms with Crippen LogP contribution in [0.4, 0.5) is 5.95 Å². The standard InChI is InChI=1S/C29H28N4O3/c1-36-25-16-14-24(15-17-25)33-19-26(22-10-6-3-7-11-22)30-29(33)31-27(34)20-32(23-12-13-23)28(35)18-21-8-4-2-5-9-21/h2-11,14-17,19,23H,12-13,18,20H2,1H3,(H,30,31,34). The third kappa shape index (κ3) is 5.46. The van der Waals surface area contributed by atoms with Crippen molar-refractivity contribution in [2.45, 2.75) is 25.3 Å². The summed E-state index contributed by atoms with van der Waals surface area (Å²) in [5, 5.41) is 2.95. The molecule has 0 aliphatic heterocycles. The minimum Gasteiger partial charge on any atom is -0.497 e. The van der Waals surface area contributed by atoms with Crippen LogP contribution in [-0.4, -0.2) is 46.0 Å². The predicted octanol–water partition coefficient (Wildman–Crippen LogP) is 4.72. The fourth-order valence-corrected chi connectivity index (χ4v) is 4.15. The van der Waals surface area contributed by atoms with E-state index in [1.165, 1.54) is 0 Å². The first-order valence-corrected chi connectivity index (χ1v) is 12.0. The van der Waals surface area contributed by atoms with Crippen LogP contribution >= 0.6 is 0 Å². The summed E-state index contributed by atoms with van der Waals surface area (Å²) in [5.41, 5.74) is 3.45. The lowest BCUT2D eigenvalue weighted by atomic mass is 10.1. The molecule has 7 heteroatoms. The molecule has 0 spiro atoms. The fourth-order valence-electron chi connectivity index (χ4n) is 4.15. The predicted molar refractivity (Wildman–Crippen MR) is 139 cm³/mol. The van der Waals surface area contributed by atoms with Gasteiger partial charge in [0, 0.05) is 23.5 Å². The minimum atomic E-state index is -0.275. The van der Waals surface area contributed by atoms with Crippen LogP contribution in [0.1, 0.15) is 18.4 Å². The summed E-state index contributed by atoms with van der Waals surface area (Å²) in [6, 6.07) is 27.1. The second-order valence-corrected chi connectivity index (χ2v) is 8.85. The Kier molecular flexibility index (Phi) is 6.80. The maximum atomic E-state index is 13.2. The Bertz CT molecular complexity index is 1330. The summed E-state index contributed by atoms with van der Waals surface area (Å²) < 4.78 is 7.12. The van der Waals surface area contributed by atoms with Gasteiger partial charge < -0.3 is 9.64 Å². The van der Waals surface area contributed by atoms with Crippen LogP contribution < -0.4 is 10.1 Å². The Morgan fingerprint density at radius 1 is 0.972 bits per heavy atom. The molecular weight excluding hydrogens is 452 g/mol. The Labute approximate surface area is 210 Å². The molecule has 36 heavy (non-hydrogen) atoms. The van der Waals surface area contributed by atoms with Crippen LogP contribution in [0.15, 0.2) is 91.1 Å². The van der Waals surface area contributed by atoms with Gasteiger partial charge in [-0.2, -0.15) is 0 Å². The lowest BCUT2D eigenvalue weighted by Gasteiger charge is -2.22. The van der Waals surface area contributed by atoms with Gasteiger partial charge in [0.05, 0.1) is 19.2 Å². The zero-order valence-corrected chi connectivity index (χ0v) is 20.1. The molecule has 5 rings (SSSR count). The molecule has 0 bridgehead atoms. The van der Waals surface area contributed by atoms with Gasteiger partial charge in [0.1, 0.15) is 12.3 Å². The third-order valence-electron chi connectivity index (χ3n) is 6.20. The summed E-state index contributed by atoms with van der Waals surface area (Å²) in [6.45, 7) is -0.00746. The van der Waals surface area contributed by atoms with Crippen molar-refractivity contribution in [1.82, 2.24) is 14.5 Å². The molecule has 0 atom stereocenters. The summed E-state index contributed by atoms with van der Waals surface area (Å²) in [7, 11) is 1.62. The highest BCUT2D eigenvalue weighted by Crippen LogP contribution is 2.28. The summed E-state index contributed by atoms with van der Waals surface area (Å²) in [5.74, 6) is 0.825. The Balaban J connectivity index is 1.37. The van der Waals surface area contributed by atoms with Crippen molar-refractivity contribution in [3.8, 4) is 22.7 Å². The Morgan fingerprint density at radius 2 is 1.64 bits per heavy atom. The third-order valence-corrected chi connectivity index (χ3v) is 6.20. The molecule has 3 aromatic carbocycles. The number of ether oxygens (including phenoxy) is 1. The van der Waals surface area contributed by atoms with E-state index in [2.05, 4.69) is 5.32 Å². The molecule has 1 saturated carbocycles. The second kappa shape index (κ2) is 10.5. The van der Waals surface area contributed by atoms with Crippen LogP contribution in [0.25, 0.3) is 16.9 Å². The van der Waals surface area contributed by atoms with Gasteiger partial charge in [-0.3, -0.25) is 19.5 Å². The zero-order chi connectivity index (χ0) is 24.9. The molecule has 4 aromatic rings. The van der Waals surface area contributed by atoms with Gasteiger partial charge in [-0.1, -0.05) is 60.7 Å². The molecule has 1 N–H and O–H groups in total. The first-order valence-electron chi connectivity index (χ1n) is 12.0. The SMILES string of the molecule is COc1ccc(-n2cc(-c3ccccc3)nc2NC(=O)CN(C(=O)Cc2ccccc2)C2CC2)cc1. The largest absolute Gasteiger partial charge is 0.497 e. The number of carbonyl (C=O) groups excluding carboxylic acids is 2. The van der Waals surface area contributed by atoms with Crippen LogP contribution in [0.2, 0.25) is 0 Å². The molecule has 1 heterocycles. The number of anilines is 1. The average Bonchev–Trinajstić information content (AvgIpc) is 3.68. The van der Waals surface area contributed by atoms with Gasteiger partial charge in [-0.05, 0) is 42.7 Å². The molecule has 2 amide bonds. The molecule has 0 radical (unpaired) electrons. The number of hydrogen-bond acceptors (Lipinski definition) is 4. The molecule has 182 valence electrons. The van der Waals surface area contributed by atoms with Gasteiger partial charge in [0.15, 0.2) is 0 Å². The topological polar surface area (TPSA) is 76.5 Å². The number of nitrogens with one attached hydrogen (secondary N) is 1. The molecule has 1 aliphatic carbocycles. The molecule has 0 saturated heterocycles. The van der Waals surface area contributed by atoms with E-state index < -0.39 is 0 Å². The number of aromatic nitrogens is 2. The maximum absolute atomic E-state index is 13.2. The highest BCUT2D eigenvalue weighted by molar-refractivity contribution is 5.94. The van der Waals surface area contributed by atoms with Gasteiger partial charge in [0.25, 0.3) is 0 Å². The van der Waals surface area contributed by atoms with E-state index in [0.29, 0.717) is 5.95 Å². The van der Waals surface area contributed by atoms with Gasteiger partial charge in [-0.15, -0.1) is 0 Å².